The number of hydrogen-bond donors (Lipinski definition) is 1. The fourth-order valence-corrected chi connectivity index (χ4v) is 2.62. The summed E-state index contributed by atoms with van der Waals surface area (Å²) in [5, 5.41) is 9.18. The SMILES string of the molecule is C=CCN(Cc1ccccc1Cl)C(=O)Cc1nnc(N)s1. The first-order valence-corrected chi connectivity index (χ1v) is 7.49. The highest BCUT2D eigenvalue weighted by molar-refractivity contribution is 7.15. The van der Waals surface area contributed by atoms with Gasteiger partial charge in [0.05, 0.1) is 6.42 Å². The molecule has 0 radical (unpaired) electrons. The number of amides is 1. The van der Waals surface area contributed by atoms with Crippen molar-refractivity contribution >= 4 is 34.0 Å². The van der Waals surface area contributed by atoms with Gasteiger partial charge in [-0.1, -0.05) is 47.2 Å². The van der Waals surface area contributed by atoms with Crippen molar-refractivity contribution in [2.45, 2.75) is 13.0 Å². The van der Waals surface area contributed by atoms with Crippen molar-refractivity contribution in [2.24, 2.45) is 0 Å². The van der Waals surface area contributed by atoms with Crippen molar-refractivity contribution in [1.82, 2.24) is 15.1 Å². The van der Waals surface area contributed by atoms with Crippen LogP contribution in [-0.4, -0.2) is 27.5 Å². The number of halogens is 1. The maximum absolute atomic E-state index is 12.4. The molecular formula is C14H15ClN4OS. The van der Waals surface area contributed by atoms with E-state index in [4.69, 9.17) is 17.3 Å². The molecule has 0 fully saturated rings. The number of nitrogens with two attached hydrogens (primary N) is 1. The number of carbonyl (C=O) groups excluding carboxylic acids is 1. The molecule has 2 N–H and O–H groups in total. The maximum atomic E-state index is 12.4. The minimum Gasteiger partial charge on any atom is -0.374 e. The molecular weight excluding hydrogens is 308 g/mol. The molecule has 2 rings (SSSR count). The summed E-state index contributed by atoms with van der Waals surface area (Å²) in [6.07, 6.45) is 1.86. The molecule has 0 aliphatic heterocycles. The third kappa shape index (κ3) is 4.27. The third-order valence-electron chi connectivity index (χ3n) is 2.81. The lowest BCUT2D eigenvalue weighted by atomic mass is 10.2. The van der Waals surface area contributed by atoms with Gasteiger partial charge < -0.3 is 10.6 Å². The van der Waals surface area contributed by atoms with Crippen LogP contribution in [0.3, 0.4) is 0 Å². The Balaban J connectivity index is 2.09. The fraction of sp³-hybridized carbons (Fsp3) is 0.214. The second kappa shape index (κ2) is 7.19. The molecule has 0 aliphatic carbocycles. The van der Waals surface area contributed by atoms with E-state index in [2.05, 4.69) is 16.8 Å². The standard InChI is InChI=1S/C14H15ClN4OS/c1-2-7-19(9-10-5-3-4-6-11(10)15)13(20)8-12-17-18-14(16)21-12/h2-6H,1,7-9H2,(H2,16,18). The molecule has 1 aromatic carbocycles. The number of aromatic nitrogens is 2. The Morgan fingerprint density at radius 2 is 2.19 bits per heavy atom. The van der Waals surface area contributed by atoms with Gasteiger partial charge in [-0.2, -0.15) is 0 Å². The van der Waals surface area contributed by atoms with E-state index in [1.807, 2.05) is 18.2 Å². The predicted octanol–water partition coefficient (Wildman–Crippen LogP) is 2.53. The minimum atomic E-state index is -0.0639. The van der Waals surface area contributed by atoms with Gasteiger partial charge in [0.1, 0.15) is 5.01 Å². The Labute approximate surface area is 132 Å². The summed E-state index contributed by atoms with van der Waals surface area (Å²) in [6, 6.07) is 7.45. The van der Waals surface area contributed by atoms with Crippen LogP contribution < -0.4 is 5.73 Å². The zero-order valence-electron chi connectivity index (χ0n) is 11.3. The van der Waals surface area contributed by atoms with Crippen LogP contribution >= 0.6 is 22.9 Å². The van der Waals surface area contributed by atoms with Crippen LogP contribution in [0.15, 0.2) is 36.9 Å². The molecule has 0 bridgehead atoms. The van der Waals surface area contributed by atoms with E-state index in [0.717, 1.165) is 5.56 Å². The van der Waals surface area contributed by atoms with Gasteiger partial charge in [-0.05, 0) is 11.6 Å². The zero-order chi connectivity index (χ0) is 15.2. The average molecular weight is 323 g/mol. The molecule has 1 heterocycles. The summed E-state index contributed by atoms with van der Waals surface area (Å²) in [7, 11) is 0. The van der Waals surface area contributed by atoms with Crippen molar-refractivity contribution in [3.63, 3.8) is 0 Å². The van der Waals surface area contributed by atoms with E-state index in [1.165, 1.54) is 11.3 Å². The van der Waals surface area contributed by atoms with E-state index in [0.29, 0.717) is 28.3 Å². The van der Waals surface area contributed by atoms with Gasteiger partial charge in [-0.3, -0.25) is 4.79 Å². The molecule has 0 atom stereocenters. The van der Waals surface area contributed by atoms with E-state index in [9.17, 15) is 4.79 Å². The Hall–Kier alpha value is -1.92. The summed E-state index contributed by atoms with van der Waals surface area (Å²) in [4.78, 5) is 14.0. The molecule has 0 saturated carbocycles. The van der Waals surface area contributed by atoms with Crippen LogP contribution in [0.4, 0.5) is 5.13 Å². The third-order valence-corrected chi connectivity index (χ3v) is 3.93. The second-order valence-corrected chi connectivity index (χ2v) is 5.87. The Morgan fingerprint density at radius 1 is 1.43 bits per heavy atom. The first kappa shape index (κ1) is 15.5. The first-order valence-electron chi connectivity index (χ1n) is 6.30. The average Bonchev–Trinajstić information content (AvgIpc) is 2.86. The Bertz CT molecular complexity index is 643. The van der Waals surface area contributed by atoms with Crippen molar-refractivity contribution < 1.29 is 4.79 Å². The summed E-state index contributed by atoms with van der Waals surface area (Å²) < 4.78 is 0. The molecule has 21 heavy (non-hydrogen) atoms. The molecule has 0 aliphatic rings. The van der Waals surface area contributed by atoms with Gasteiger partial charge >= 0.3 is 0 Å². The summed E-state index contributed by atoms with van der Waals surface area (Å²) in [5.74, 6) is -0.0639. The highest BCUT2D eigenvalue weighted by Crippen LogP contribution is 2.18. The van der Waals surface area contributed by atoms with Gasteiger partial charge in [0.15, 0.2) is 0 Å². The molecule has 2 aromatic rings. The smallest absolute Gasteiger partial charge is 0.230 e. The largest absolute Gasteiger partial charge is 0.374 e. The molecule has 1 amide bonds. The summed E-state index contributed by atoms with van der Waals surface area (Å²) >= 11 is 7.35. The van der Waals surface area contributed by atoms with Gasteiger partial charge in [-0.15, -0.1) is 16.8 Å². The zero-order valence-corrected chi connectivity index (χ0v) is 12.9. The lowest BCUT2D eigenvalue weighted by Gasteiger charge is -2.21. The van der Waals surface area contributed by atoms with E-state index in [-0.39, 0.29) is 12.3 Å². The quantitative estimate of drug-likeness (QED) is 0.829. The first-order chi connectivity index (χ1) is 10.1. The predicted molar refractivity (Wildman–Crippen MR) is 85.1 cm³/mol. The summed E-state index contributed by atoms with van der Waals surface area (Å²) in [6.45, 7) is 4.56. The van der Waals surface area contributed by atoms with Crippen LogP contribution in [0.1, 0.15) is 10.6 Å². The molecule has 1 aromatic heterocycles. The fourth-order valence-electron chi connectivity index (χ4n) is 1.82. The molecule has 0 unspecified atom stereocenters. The second-order valence-electron chi connectivity index (χ2n) is 4.37. The minimum absolute atomic E-state index is 0.0639. The number of carbonyl (C=O) groups is 1. The van der Waals surface area contributed by atoms with E-state index in [1.54, 1.807) is 17.0 Å². The molecule has 0 spiro atoms. The number of hydrogen-bond acceptors (Lipinski definition) is 5. The highest BCUT2D eigenvalue weighted by atomic mass is 35.5. The summed E-state index contributed by atoms with van der Waals surface area (Å²) in [5.41, 5.74) is 6.41. The lowest BCUT2D eigenvalue weighted by Crippen LogP contribution is -2.32. The van der Waals surface area contributed by atoms with Crippen LogP contribution in [-0.2, 0) is 17.8 Å². The van der Waals surface area contributed by atoms with Crippen molar-refractivity contribution in [2.75, 3.05) is 12.3 Å². The number of nitrogen functional groups attached to an aromatic ring is 1. The molecule has 110 valence electrons. The lowest BCUT2D eigenvalue weighted by molar-refractivity contribution is -0.130. The number of benzene rings is 1. The van der Waals surface area contributed by atoms with Crippen molar-refractivity contribution in [1.29, 1.82) is 0 Å². The maximum Gasteiger partial charge on any atom is 0.230 e. The Kier molecular flexibility index (Phi) is 5.30. The van der Waals surface area contributed by atoms with Gasteiger partial charge in [0, 0.05) is 18.1 Å². The normalized spacial score (nSPS) is 10.3. The van der Waals surface area contributed by atoms with Crippen LogP contribution in [0, 0.1) is 0 Å². The number of anilines is 1. The number of rotatable bonds is 6. The topological polar surface area (TPSA) is 72.1 Å². The van der Waals surface area contributed by atoms with Gasteiger partial charge in [0.25, 0.3) is 0 Å². The Morgan fingerprint density at radius 3 is 2.81 bits per heavy atom. The van der Waals surface area contributed by atoms with Crippen LogP contribution in [0.25, 0.3) is 0 Å². The van der Waals surface area contributed by atoms with Gasteiger partial charge in [-0.25, -0.2) is 0 Å². The van der Waals surface area contributed by atoms with E-state index < -0.39 is 0 Å². The van der Waals surface area contributed by atoms with Gasteiger partial charge in [0.2, 0.25) is 11.0 Å². The van der Waals surface area contributed by atoms with Crippen LogP contribution in [0.2, 0.25) is 5.02 Å². The van der Waals surface area contributed by atoms with Crippen molar-refractivity contribution in [3.8, 4) is 0 Å². The molecule has 7 heteroatoms. The molecule has 0 saturated heterocycles. The highest BCUT2D eigenvalue weighted by Gasteiger charge is 2.16. The number of nitrogens with zero attached hydrogens (tertiary/aromatic N) is 3. The van der Waals surface area contributed by atoms with Crippen LogP contribution in [0.5, 0.6) is 0 Å². The molecule has 5 nitrogen and oxygen atoms in total. The van der Waals surface area contributed by atoms with Crippen molar-refractivity contribution in [3.05, 3.63) is 52.5 Å². The monoisotopic (exact) mass is 322 g/mol. The van der Waals surface area contributed by atoms with E-state index >= 15 is 0 Å².